The average Bonchev–Trinajstić information content (AvgIpc) is 3.82. The maximum Gasteiger partial charge on any atom is 0.0629 e. The molecule has 278 valence electrons. The normalized spacial score (nSPS) is 15.2. The van der Waals surface area contributed by atoms with E-state index < -0.39 is 0 Å². The maximum atomic E-state index is 9.43. The molecule has 8 aromatic carbocycles. The molecule has 0 saturated carbocycles. The Kier molecular flexibility index (Phi) is 7.11. The highest BCUT2D eigenvalue weighted by Crippen LogP contribution is 2.53. The smallest absolute Gasteiger partial charge is 0.0629 e. The van der Waals surface area contributed by atoms with Crippen molar-refractivity contribution in [1.82, 2.24) is 4.57 Å². The van der Waals surface area contributed by atoms with Gasteiger partial charge in [-0.2, -0.15) is 0 Å². The lowest BCUT2D eigenvalue weighted by molar-refractivity contribution is 0.660. The van der Waals surface area contributed by atoms with Gasteiger partial charge in [0.25, 0.3) is 0 Å². The lowest BCUT2D eigenvalue weighted by Crippen LogP contribution is -2.18. The number of benzene rings is 8. The first-order chi connectivity index (χ1) is 29.1. The lowest BCUT2D eigenvalue weighted by Gasteiger charge is -2.29. The molecule has 1 aromatic heterocycles. The van der Waals surface area contributed by atoms with E-state index in [-0.39, 0.29) is 22.9 Å². The van der Waals surface area contributed by atoms with Crippen LogP contribution >= 0.6 is 0 Å². The molecule has 11 rings (SSSR count). The summed E-state index contributed by atoms with van der Waals surface area (Å²) in [5.41, 5.74) is 17.7. The number of rotatable bonds is 6. The fourth-order valence-corrected chi connectivity index (χ4v) is 9.85. The highest BCUT2D eigenvalue weighted by Gasteiger charge is 2.38. The van der Waals surface area contributed by atoms with Crippen LogP contribution in [-0.4, -0.2) is 4.57 Å². The Balaban J connectivity index is 0.978. The van der Waals surface area contributed by atoms with Gasteiger partial charge in [0.05, 0.1) is 13.8 Å². The van der Waals surface area contributed by atoms with Gasteiger partial charge >= 0.3 is 0 Å². The van der Waals surface area contributed by atoms with Gasteiger partial charge in [-0.15, -0.1) is 0 Å². The fraction of sp³-hybridized carbons (Fsp3) is 0.107. The molecule has 2 heteroatoms. The number of hydrogen-bond acceptors (Lipinski definition) is 1. The summed E-state index contributed by atoms with van der Waals surface area (Å²) in [7, 11) is 0. The van der Waals surface area contributed by atoms with E-state index in [9.17, 15) is 2.74 Å². The van der Waals surface area contributed by atoms with Gasteiger partial charge in [-0.3, -0.25) is 0 Å². The molecule has 2 aliphatic carbocycles. The van der Waals surface area contributed by atoms with Gasteiger partial charge in [0.1, 0.15) is 0 Å². The summed E-state index contributed by atoms with van der Waals surface area (Å²) >= 11 is 0. The van der Waals surface area contributed by atoms with Gasteiger partial charge in [0, 0.05) is 44.4 Å². The molecular weight excluding hydrogens is 701 g/mol. The van der Waals surface area contributed by atoms with E-state index >= 15 is 0 Å². The standard InChI is InChI=1S/C56H44N2/c1-55(2)49-21-13-11-19-43(49)45-31-27-41(35-51(45)55)57(39-15-7-5-8-16-39)42-28-32-46-44-29-25-37(33-50(44)56(3,4)52(46)36-42)23-24-38-26-30-48-47-20-12-14-22-53(47)58(54(48)34-38)40-17-9-6-10-18-40/h5-36H,1-4H3/b24-23+/i23D,24D. The van der Waals surface area contributed by atoms with E-state index in [0.717, 1.165) is 50.3 Å². The van der Waals surface area contributed by atoms with Crippen molar-refractivity contribution in [2.45, 2.75) is 38.5 Å². The van der Waals surface area contributed by atoms with E-state index in [1.165, 1.54) is 49.9 Å². The SMILES string of the molecule is [2H]/C(=C(/[2H])c1ccc2c3ccccc3n(-c3ccccc3)c2c1)c1ccc2c(c1)C(C)(C)c1cc(N(c3ccccc3)c3ccc4c(c3)C(C)(C)c3ccccc3-4)ccc1-2. The first kappa shape index (κ1) is 32.2. The van der Waals surface area contributed by atoms with Crippen LogP contribution in [0.15, 0.2) is 182 Å². The summed E-state index contributed by atoms with van der Waals surface area (Å²) in [4.78, 5) is 2.38. The molecular formula is C56H44N2. The molecule has 0 aliphatic heterocycles. The topological polar surface area (TPSA) is 8.17 Å². The van der Waals surface area contributed by atoms with Crippen LogP contribution in [0.1, 0.15) is 63.8 Å². The Morgan fingerprint density at radius 3 is 1.62 bits per heavy atom. The van der Waals surface area contributed by atoms with Gasteiger partial charge in [-0.25, -0.2) is 0 Å². The van der Waals surface area contributed by atoms with Crippen LogP contribution in [0.3, 0.4) is 0 Å². The van der Waals surface area contributed by atoms with Gasteiger partial charge in [-0.1, -0.05) is 161 Å². The number of nitrogens with zero attached hydrogens (tertiary/aromatic N) is 2. The summed E-state index contributed by atoms with van der Waals surface area (Å²) in [6.07, 6.45) is 0. The van der Waals surface area contributed by atoms with Crippen molar-refractivity contribution in [2.75, 3.05) is 4.90 Å². The monoisotopic (exact) mass is 746 g/mol. The molecule has 9 aromatic rings. The first-order valence-corrected chi connectivity index (χ1v) is 20.3. The van der Waals surface area contributed by atoms with Crippen LogP contribution < -0.4 is 4.90 Å². The van der Waals surface area contributed by atoms with Crippen molar-refractivity contribution in [3.05, 3.63) is 215 Å². The number of hydrogen-bond donors (Lipinski definition) is 0. The van der Waals surface area contributed by atoms with Crippen molar-refractivity contribution in [1.29, 1.82) is 0 Å². The second kappa shape index (κ2) is 12.8. The molecule has 58 heavy (non-hydrogen) atoms. The Hall–Kier alpha value is -6.90. The van der Waals surface area contributed by atoms with Crippen molar-refractivity contribution >= 4 is 51.0 Å². The Morgan fingerprint density at radius 2 is 0.914 bits per heavy atom. The molecule has 0 saturated heterocycles. The molecule has 0 unspecified atom stereocenters. The summed E-state index contributed by atoms with van der Waals surface area (Å²) in [5, 5.41) is 2.30. The van der Waals surface area contributed by atoms with Gasteiger partial charge in [-0.05, 0) is 116 Å². The van der Waals surface area contributed by atoms with E-state index in [0.29, 0.717) is 0 Å². The Morgan fingerprint density at radius 1 is 0.414 bits per heavy atom. The first-order valence-electron chi connectivity index (χ1n) is 21.3. The molecule has 2 nitrogen and oxygen atoms in total. The summed E-state index contributed by atoms with van der Waals surface area (Å²) in [6, 6.07) is 65.1. The van der Waals surface area contributed by atoms with Crippen molar-refractivity contribution in [3.8, 4) is 27.9 Å². The molecule has 0 fully saturated rings. The predicted octanol–water partition coefficient (Wildman–Crippen LogP) is 15.0. The largest absolute Gasteiger partial charge is 0.310 e. The third kappa shape index (κ3) is 5.18. The van der Waals surface area contributed by atoms with Crippen LogP contribution in [0, 0.1) is 0 Å². The quantitative estimate of drug-likeness (QED) is 0.154. The molecule has 0 atom stereocenters. The molecule has 0 N–H and O–H groups in total. The maximum absolute atomic E-state index is 9.43. The Bertz CT molecular complexity index is 3230. The van der Waals surface area contributed by atoms with Crippen molar-refractivity contribution < 1.29 is 2.74 Å². The lowest BCUT2D eigenvalue weighted by atomic mass is 9.81. The van der Waals surface area contributed by atoms with E-state index in [1.54, 1.807) is 0 Å². The molecule has 0 bridgehead atoms. The summed E-state index contributed by atoms with van der Waals surface area (Å²) in [6.45, 7) is 9.25. The van der Waals surface area contributed by atoms with Gasteiger partial charge < -0.3 is 9.47 Å². The van der Waals surface area contributed by atoms with E-state index in [1.807, 2.05) is 18.2 Å². The zero-order valence-corrected chi connectivity index (χ0v) is 33.2. The molecule has 0 spiro atoms. The third-order valence-corrected chi connectivity index (χ3v) is 12.8. The molecule has 1 heterocycles. The highest BCUT2D eigenvalue weighted by molar-refractivity contribution is 6.09. The third-order valence-electron chi connectivity index (χ3n) is 12.8. The van der Waals surface area contributed by atoms with E-state index in [4.69, 9.17) is 0 Å². The van der Waals surface area contributed by atoms with Crippen LogP contribution in [0.5, 0.6) is 0 Å². The Labute approximate surface area is 343 Å². The zero-order chi connectivity index (χ0) is 40.9. The molecule has 0 amide bonds. The van der Waals surface area contributed by atoms with Gasteiger partial charge in [0.15, 0.2) is 0 Å². The molecule has 0 radical (unpaired) electrons. The van der Waals surface area contributed by atoms with E-state index in [2.05, 4.69) is 201 Å². The highest BCUT2D eigenvalue weighted by atomic mass is 15.1. The van der Waals surface area contributed by atoms with Crippen LogP contribution in [-0.2, 0) is 10.8 Å². The number of para-hydroxylation sites is 3. The van der Waals surface area contributed by atoms with Crippen LogP contribution in [0.25, 0.3) is 61.9 Å². The minimum absolute atomic E-state index is 0.109. The number of anilines is 3. The number of fused-ring (bicyclic) bond motifs is 9. The van der Waals surface area contributed by atoms with Crippen LogP contribution in [0.2, 0.25) is 0 Å². The zero-order valence-electron chi connectivity index (χ0n) is 35.2. The minimum Gasteiger partial charge on any atom is -0.310 e. The predicted molar refractivity (Wildman–Crippen MR) is 246 cm³/mol. The van der Waals surface area contributed by atoms with Crippen LogP contribution in [0.4, 0.5) is 17.1 Å². The van der Waals surface area contributed by atoms with Gasteiger partial charge in [0.2, 0.25) is 0 Å². The molecule has 2 aliphatic rings. The summed E-state index contributed by atoms with van der Waals surface area (Å²) in [5.74, 6) is 0. The minimum atomic E-state index is -0.335. The second-order valence-electron chi connectivity index (χ2n) is 16.9. The van der Waals surface area contributed by atoms with Crippen molar-refractivity contribution in [3.63, 3.8) is 0 Å². The number of aromatic nitrogens is 1. The summed E-state index contributed by atoms with van der Waals surface area (Å²) < 4.78 is 21.1. The average molecular weight is 747 g/mol. The second-order valence-corrected chi connectivity index (χ2v) is 16.9. The van der Waals surface area contributed by atoms with Crippen molar-refractivity contribution in [2.24, 2.45) is 0 Å². The fourth-order valence-electron chi connectivity index (χ4n) is 9.85.